The van der Waals surface area contributed by atoms with E-state index >= 15 is 0 Å². The summed E-state index contributed by atoms with van der Waals surface area (Å²) in [6.07, 6.45) is 0.899. The lowest BCUT2D eigenvalue weighted by atomic mass is 9.59. The number of aliphatic hydroxyl groups is 4. The summed E-state index contributed by atoms with van der Waals surface area (Å²) in [6, 6.07) is 0. The fourth-order valence-electron chi connectivity index (χ4n) is 5.72. The maximum absolute atomic E-state index is 11.4. The number of rotatable bonds is 4. The average molecular weight is 455 g/mol. The molecule has 2 bridgehead atoms. The van der Waals surface area contributed by atoms with Gasteiger partial charge in [0.05, 0.1) is 12.7 Å². The quantitative estimate of drug-likeness (QED) is 0.509. The Morgan fingerprint density at radius 3 is 2.19 bits per heavy atom. The summed E-state index contributed by atoms with van der Waals surface area (Å²) in [6.45, 7) is 13.6. The normalized spacial score (nSPS) is 53.0. The first kappa shape index (κ1) is 24.1. The van der Waals surface area contributed by atoms with E-state index < -0.39 is 46.7 Å². The molecule has 0 aromatic heterocycles. The van der Waals surface area contributed by atoms with Gasteiger partial charge in [-0.3, -0.25) is 0 Å². The van der Waals surface area contributed by atoms with Gasteiger partial charge < -0.3 is 39.4 Å². The second-order valence-corrected chi connectivity index (χ2v) is 11.0. The van der Waals surface area contributed by atoms with Gasteiger partial charge in [-0.2, -0.15) is 0 Å². The van der Waals surface area contributed by atoms with E-state index in [4.69, 9.17) is 18.9 Å². The lowest BCUT2D eigenvalue weighted by molar-refractivity contribution is -0.605. The van der Waals surface area contributed by atoms with Gasteiger partial charge in [0.25, 0.3) is 0 Å². The van der Waals surface area contributed by atoms with Gasteiger partial charge in [0, 0.05) is 5.92 Å². The summed E-state index contributed by atoms with van der Waals surface area (Å²) in [5.41, 5.74) is -2.45. The van der Waals surface area contributed by atoms with Crippen LogP contribution in [0.3, 0.4) is 0 Å². The molecule has 4 saturated heterocycles. The van der Waals surface area contributed by atoms with Gasteiger partial charge in [0.2, 0.25) is 11.6 Å². The zero-order valence-corrected chi connectivity index (χ0v) is 20.4. The second-order valence-electron chi connectivity index (χ2n) is 11.0. The van der Waals surface area contributed by atoms with Crippen LogP contribution in [0, 0.1) is 5.92 Å². The topological polar surface area (TPSA) is 118 Å². The van der Waals surface area contributed by atoms with Gasteiger partial charge in [-0.15, -0.1) is 0 Å². The molecule has 5 aliphatic rings. The minimum atomic E-state index is -1.73. The number of hydrogen-bond donors (Lipinski definition) is 4. The number of ether oxygens (including phenoxy) is 4. The standard InChI is InChI=1S/C24H38O8/c1-13-14(2)18-16(15(3)17(13)26)9-10-19(4,30-18)12-29-23(8)20(5,27)22(7)21(6,28)24(11-25,31-22)32-23/h13,17,25-28H,9-12H2,1-8H3/t13?,17?,19?,20?,21-,22?,23-,24?/m0/s1. The first-order valence-corrected chi connectivity index (χ1v) is 11.4. The Kier molecular flexibility index (Phi) is 5.11. The van der Waals surface area contributed by atoms with Crippen molar-refractivity contribution in [2.24, 2.45) is 5.92 Å². The summed E-state index contributed by atoms with van der Waals surface area (Å²) in [7, 11) is 0. The van der Waals surface area contributed by atoms with Gasteiger partial charge in [0.1, 0.15) is 34.8 Å². The minimum Gasteiger partial charge on any atom is -0.485 e. The van der Waals surface area contributed by atoms with Crippen LogP contribution in [0.4, 0.5) is 0 Å². The molecule has 4 aliphatic heterocycles. The van der Waals surface area contributed by atoms with E-state index in [2.05, 4.69) is 0 Å². The summed E-state index contributed by atoms with van der Waals surface area (Å²) >= 11 is 0. The Labute approximate surface area is 189 Å². The highest BCUT2D eigenvalue weighted by Crippen LogP contribution is 2.65. The molecule has 8 nitrogen and oxygen atoms in total. The maximum Gasteiger partial charge on any atom is 0.227 e. The third-order valence-corrected chi connectivity index (χ3v) is 9.03. The predicted octanol–water partition coefficient (Wildman–Crippen LogP) is 1.90. The fraction of sp³-hybridized carbons (Fsp3) is 0.833. The Hall–Kier alpha value is -1.00. The molecular formula is C24H38O8. The summed E-state index contributed by atoms with van der Waals surface area (Å²) in [5, 5.41) is 42.9. The molecule has 8 heteroatoms. The Morgan fingerprint density at radius 2 is 1.62 bits per heavy atom. The van der Waals surface area contributed by atoms with Crippen molar-refractivity contribution in [3.05, 3.63) is 22.5 Å². The molecule has 4 fully saturated rings. The molecule has 0 spiro atoms. The van der Waals surface area contributed by atoms with E-state index in [1.165, 1.54) is 13.8 Å². The number of fused-ring (bicyclic) bond motifs is 3. The first-order chi connectivity index (χ1) is 14.5. The van der Waals surface area contributed by atoms with Gasteiger partial charge in [-0.05, 0) is 78.0 Å². The van der Waals surface area contributed by atoms with Crippen molar-refractivity contribution in [2.75, 3.05) is 13.2 Å². The molecule has 0 saturated carbocycles. The summed E-state index contributed by atoms with van der Waals surface area (Å²) in [5.74, 6) is -2.48. The molecule has 1 aliphatic carbocycles. The fourth-order valence-corrected chi connectivity index (χ4v) is 5.72. The Bertz CT molecular complexity index is 890. The third-order valence-electron chi connectivity index (χ3n) is 9.03. The Balaban J connectivity index is 1.58. The molecule has 0 radical (unpaired) electrons. The van der Waals surface area contributed by atoms with Crippen molar-refractivity contribution in [2.45, 2.75) is 108 Å². The highest BCUT2D eigenvalue weighted by Gasteiger charge is 2.86. The van der Waals surface area contributed by atoms with Crippen LogP contribution in [-0.4, -0.2) is 73.7 Å². The number of aliphatic hydroxyl groups excluding tert-OH is 2. The highest BCUT2D eigenvalue weighted by molar-refractivity contribution is 5.43. The third kappa shape index (κ3) is 2.69. The smallest absolute Gasteiger partial charge is 0.227 e. The van der Waals surface area contributed by atoms with Crippen LogP contribution in [0.5, 0.6) is 0 Å². The first-order valence-electron chi connectivity index (χ1n) is 11.4. The van der Waals surface area contributed by atoms with E-state index in [1.807, 2.05) is 27.7 Å². The van der Waals surface area contributed by atoms with Crippen LogP contribution in [0.25, 0.3) is 0 Å². The van der Waals surface area contributed by atoms with Crippen molar-refractivity contribution in [3.8, 4) is 0 Å². The number of hydrogen-bond acceptors (Lipinski definition) is 8. The van der Waals surface area contributed by atoms with Crippen molar-refractivity contribution < 1.29 is 39.4 Å². The largest absolute Gasteiger partial charge is 0.485 e. The molecule has 8 atom stereocenters. The van der Waals surface area contributed by atoms with Crippen LogP contribution in [-0.2, 0) is 18.9 Å². The molecule has 4 heterocycles. The molecule has 0 amide bonds. The van der Waals surface area contributed by atoms with Crippen LogP contribution in [0.15, 0.2) is 22.5 Å². The minimum absolute atomic E-state index is 0.0344. The van der Waals surface area contributed by atoms with Crippen LogP contribution in [0.2, 0.25) is 0 Å². The second kappa shape index (κ2) is 6.78. The average Bonchev–Trinajstić information content (AvgIpc) is 2.73. The van der Waals surface area contributed by atoms with E-state index in [9.17, 15) is 20.4 Å². The molecule has 5 rings (SSSR count). The van der Waals surface area contributed by atoms with Crippen molar-refractivity contribution in [1.29, 1.82) is 0 Å². The molecule has 0 aromatic rings. The summed E-state index contributed by atoms with van der Waals surface area (Å²) in [4.78, 5) is 0. The maximum atomic E-state index is 11.4. The monoisotopic (exact) mass is 454 g/mol. The van der Waals surface area contributed by atoms with Crippen molar-refractivity contribution in [1.82, 2.24) is 0 Å². The summed E-state index contributed by atoms with van der Waals surface area (Å²) < 4.78 is 24.4. The SMILES string of the molecule is CC1=C2OC(C)(CO[C@@]3(C)OC4(CO)OC(C)(C3(C)O)[C@]4(C)O)CCC2=C(C)C(O)C1C. The van der Waals surface area contributed by atoms with E-state index in [-0.39, 0.29) is 12.5 Å². The zero-order chi connectivity index (χ0) is 24.1. The van der Waals surface area contributed by atoms with Crippen molar-refractivity contribution >= 4 is 0 Å². The molecule has 4 N–H and O–H groups in total. The number of allylic oxidation sites excluding steroid dienone is 1. The van der Waals surface area contributed by atoms with Gasteiger partial charge >= 0.3 is 0 Å². The lowest BCUT2D eigenvalue weighted by Crippen LogP contribution is -2.95. The van der Waals surface area contributed by atoms with E-state index in [0.717, 1.165) is 28.9 Å². The highest BCUT2D eigenvalue weighted by atomic mass is 16.9. The zero-order valence-electron chi connectivity index (χ0n) is 20.4. The van der Waals surface area contributed by atoms with Crippen LogP contribution >= 0.6 is 0 Å². The predicted molar refractivity (Wildman–Crippen MR) is 115 cm³/mol. The lowest BCUT2D eigenvalue weighted by Gasteiger charge is -2.75. The van der Waals surface area contributed by atoms with Crippen LogP contribution < -0.4 is 0 Å². The van der Waals surface area contributed by atoms with E-state index in [0.29, 0.717) is 6.42 Å². The molecule has 6 unspecified atom stereocenters. The van der Waals surface area contributed by atoms with Gasteiger partial charge in [0.15, 0.2) is 0 Å². The Morgan fingerprint density at radius 1 is 1.00 bits per heavy atom. The van der Waals surface area contributed by atoms with Crippen LogP contribution in [0.1, 0.15) is 68.2 Å². The molecular weight excluding hydrogens is 416 g/mol. The molecule has 32 heavy (non-hydrogen) atoms. The van der Waals surface area contributed by atoms with Gasteiger partial charge in [-0.1, -0.05) is 6.92 Å². The molecule has 0 aromatic carbocycles. The molecule has 182 valence electrons. The van der Waals surface area contributed by atoms with Crippen molar-refractivity contribution in [3.63, 3.8) is 0 Å². The van der Waals surface area contributed by atoms with E-state index in [1.54, 1.807) is 13.8 Å². The van der Waals surface area contributed by atoms with Gasteiger partial charge in [-0.25, -0.2) is 0 Å².